The Morgan fingerprint density at radius 2 is 1.83 bits per heavy atom. The molecule has 2 unspecified atom stereocenters. The summed E-state index contributed by atoms with van der Waals surface area (Å²) in [5, 5.41) is 6.20. The highest BCUT2D eigenvalue weighted by Crippen LogP contribution is 2.41. The van der Waals surface area contributed by atoms with Crippen LogP contribution in [0.3, 0.4) is 0 Å². The number of aryl methyl sites for hydroxylation is 1. The number of rotatable bonds is 3. The first-order chi connectivity index (χ1) is 11.2. The van der Waals surface area contributed by atoms with Gasteiger partial charge in [0.1, 0.15) is 0 Å². The Kier molecular flexibility index (Phi) is 4.02. The molecule has 0 spiro atoms. The topological polar surface area (TPSA) is 44.4 Å². The normalized spacial score (nSPS) is 30.7. The molecule has 4 rings (SSSR count). The molecule has 2 N–H and O–H groups in total. The molecule has 2 bridgehead atoms. The lowest BCUT2D eigenvalue weighted by Crippen LogP contribution is -2.58. The fourth-order valence-corrected chi connectivity index (χ4v) is 4.58. The molecular formula is C19H27N3O. The molecule has 23 heavy (non-hydrogen) atoms. The first kappa shape index (κ1) is 15.0. The quantitative estimate of drug-likeness (QED) is 0.894. The summed E-state index contributed by atoms with van der Waals surface area (Å²) in [7, 11) is 0. The van der Waals surface area contributed by atoms with Gasteiger partial charge in [-0.2, -0.15) is 0 Å². The standard InChI is InChI=1S/C19H27N3O/c1-13-4-2-5-14(10-13)20-19(23)21-15-11-17-6-3-7-18(12-15)22(17)16-8-9-16/h2,4-5,10,15-18H,3,6-9,11-12H2,1H3,(H2,20,21,23). The average molecular weight is 313 g/mol. The molecule has 2 atom stereocenters. The third kappa shape index (κ3) is 3.37. The molecule has 0 aromatic heterocycles. The number of benzene rings is 1. The molecule has 4 heteroatoms. The van der Waals surface area contributed by atoms with Crippen molar-refractivity contribution in [2.75, 3.05) is 5.32 Å². The number of anilines is 1. The van der Waals surface area contributed by atoms with Crippen LogP contribution in [0.5, 0.6) is 0 Å². The van der Waals surface area contributed by atoms with Gasteiger partial charge < -0.3 is 10.6 Å². The fraction of sp³-hybridized carbons (Fsp3) is 0.632. The lowest BCUT2D eigenvalue weighted by molar-refractivity contribution is 0.0198. The molecule has 1 aliphatic carbocycles. The van der Waals surface area contributed by atoms with Gasteiger partial charge in [0.2, 0.25) is 0 Å². The van der Waals surface area contributed by atoms with Gasteiger partial charge >= 0.3 is 6.03 Å². The summed E-state index contributed by atoms with van der Waals surface area (Å²) in [4.78, 5) is 15.1. The first-order valence-corrected chi connectivity index (χ1v) is 9.10. The van der Waals surface area contributed by atoms with Crippen molar-refractivity contribution < 1.29 is 4.79 Å². The SMILES string of the molecule is Cc1cccc(NC(=O)NC2CC3CCCC(C2)N3C2CC2)c1. The zero-order valence-corrected chi connectivity index (χ0v) is 13.9. The number of hydrogen-bond acceptors (Lipinski definition) is 2. The lowest BCUT2D eigenvalue weighted by Gasteiger charge is -2.49. The molecule has 1 saturated carbocycles. The van der Waals surface area contributed by atoms with Crippen LogP contribution in [0.25, 0.3) is 0 Å². The Hall–Kier alpha value is -1.55. The molecule has 4 nitrogen and oxygen atoms in total. The maximum Gasteiger partial charge on any atom is 0.319 e. The number of hydrogen-bond donors (Lipinski definition) is 2. The van der Waals surface area contributed by atoms with Crippen molar-refractivity contribution in [3.63, 3.8) is 0 Å². The van der Waals surface area contributed by atoms with Crippen molar-refractivity contribution >= 4 is 11.7 Å². The molecule has 2 heterocycles. The molecule has 124 valence electrons. The van der Waals surface area contributed by atoms with E-state index < -0.39 is 0 Å². The second-order valence-electron chi connectivity index (χ2n) is 7.55. The number of nitrogens with one attached hydrogen (secondary N) is 2. The second kappa shape index (κ2) is 6.16. The average Bonchev–Trinajstić information content (AvgIpc) is 3.30. The molecule has 1 aromatic rings. The molecular weight excluding hydrogens is 286 g/mol. The van der Waals surface area contributed by atoms with Crippen LogP contribution < -0.4 is 10.6 Å². The van der Waals surface area contributed by atoms with Gasteiger partial charge in [0.25, 0.3) is 0 Å². The summed E-state index contributed by atoms with van der Waals surface area (Å²) in [6.07, 6.45) is 9.00. The van der Waals surface area contributed by atoms with Gasteiger partial charge in [-0.3, -0.25) is 4.90 Å². The summed E-state index contributed by atoms with van der Waals surface area (Å²) in [6.45, 7) is 2.04. The maximum atomic E-state index is 12.3. The minimum Gasteiger partial charge on any atom is -0.335 e. The van der Waals surface area contributed by atoms with E-state index in [0.717, 1.165) is 30.1 Å². The minimum absolute atomic E-state index is 0.0569. The van der Waals surface area contributed by atoms with E-state index in [-0.39, 0.29) is 6.03 Å². The molecule has 1 aromatic carbocycles. The third-order valence-corrected chi connectivity index (χ3v) is 5.61. The summed E-state index contributed by atoms with van der Waals surface area (Å²) in [5.74, 6) is 0. The van der Waals surface area contributed by atoms with E-state index in [1.54, 1.807) is 0 Å². The van der Waals surface area contributed by atoms with E-state index in [9.17, 15) is 4.79 Å². The molecule has 2 amide bonds. The van der Waals surface area contributed by atoms with E-state index in [1.807, 2.05) is 31.2 Å². The second-order valence-corrected chi connectivity index (χ2v) is 7.55. The van der Waals surface area contributed by atoms with Crippen LogP contribution in [0, 0.1) is 6.92 Å². The van der Waals surface area contributed by atoms with Gasteiger partial charge in [-0.1, -0.05) is 18.6 Å². The number of urea groups is 1. The molecule has 2 saturated heterocycles. The number of nitrogens with zero attached hydrogens (tertiary/aromatic N) is 1. The third-order valence-electron chi connectivity index (χ3n) is 5.61. The highest BCUT2D eigenvalue weighted by Gasteiger charge is 2.45. The molecule has 0 radical (unpaired) electrons. The van der Waals surface area contributed by atoms with Crippen molar-refractivity contribution in [3.05, 3.63) is 29.8 Å². The van der Waals surface area contributed by atoms with Crippen LogP contribution in [0.1, 0.15) is 50.5 Å². The highest BCUT2D eigenvalue weighted by atomic mass is 16.2. The Morgan fingerprint density at radius 3 is 2.48 bits per heavy atom. The van der Waals surface area contributed by atoms with Crippen molar-refractivity contribution in [1.29, 1.82) is 0 Å². The molecule has 3 aliphatic rings. The zero-order chi connectivity index (χ0) is 15.8. The van der Waals surface area contributed by atoms with Crippen LogP contribution in [0.2, 0.25) is 0 Å². The van der Waals surface area contributed by atoms with E-state index in [4.69, 9.17) is 0 Å². The van der Waals surface area contributed by atoms with Gasteiger partial charge in [0.05, 0.1) is 0 Å². The predicted octanol–water partition coefficient (Wildman–Crippen LogP) is 3.66. The lowest BCUT2D eigenvalue weighted by atomic mass is 9.81. The van der Waals surface area contributed by atoms with Crippen LogP contribution in [-0.2, 0) is 0 Å². The van der Waals surface area contributed by atoms with E-state index in [1.165, 1.54) is 32.1 Å². The summed E-state index contributed by atoms with van der Waals surface area (Å²) in [6, 6.07) is 10.5. The number of amides is 2. The summed E-state index contributed by atoms with van der Waals surface area (Å²) in [5.41, 5.74) is 2.04. The van der Waals surface area contributed by atoms with Gasteiger partial charge in [-0.25, -0.2) is 4.79 Å². The van der Waals surface area contributed by atoms with Gasteiger partial charge in [-0.05, 0) is 63.1 Å². The number of carbonyl (C=O) groups is 1. The number of piperidine rings is 2. The molecule has 3 fully saturated rings. The maximum absolute atomic E-state index is 12.3. The van der Waals surface area contributed by atoms with Gasteiger partial charge in [0.15, 0.2) is 0 Å². The Balaban J connectivity index is 1.35. The summed E-state index contributed by atoms with van der Waals surface area (Å²) >= 11 is 0. The van der Waals surface area contributed by atoms with Crippen molar-refractivity contribution in [2.45, 2.75) is 76.0 Å². The largest absolute Gasteiger partial charge is 0.335 e. The van der Waals surface area contributed by atoms with Crippen LogP contribution >= 0.6 is 0 Å². The number of fused-ring (bicyclic) bond motifs is 2. The summed E-state index contributed by atoms with van der Waals surface area (Å²) < 4.78 is 0. The first-order valence-electron chi connectivity index (χ1n) is 9.10. The Morgan fingerprint density at radius 1 is 1.09 bits per heavy atom. The monoisotopic (exact) mass is 313 g/mol. The van der Waals surface area contributed by atoms with E-state index in [2.05, 4.69) is 15.5 Å². The minimum atomic E-state index is -0.0569. The van der Waals surface area contributed by atoms with Crippen LogP contribution in [-0.4, -0.2) is 35.1 Å². The van der Waals surface area contributed by atoms with Crippen LogP contribution in [0.4, 0.5) is 10.5 Å². The number of carbonyl (C=O) groups excluding carboxylic acids is 1. The van der Waals surface area contributed by atoms with E-state index >= 15 is 0 Å². The van der Waals surface area contributed by atoms with Crippen LogP contribution in [0.15, 0.2) is 24.3 Å². The highest BCUT2D eigenvalue weighted by molar-refractivity contribution is 5.89. The van der Waals surface area contributed by atoms with Gasteiger partial charge in [0, 0.05) is 29.9 Å². The zero-order valence-electron chi connectivity index (χ0n) is 13.9. The Labute approximate surface area is 138 Å². The van der Waals surface area contributed by atoms with Crippen molar-refractivity contribution in [3.8, 4) is 0 Å². The van der Waals surface area contributed by atoms with Crippen molar-refractivity contribution in [2.24, 2.45) is 0 Å². The van der Waals surface area contributed by atoms with Gasteiger partial charge in [-0.15, -0.1) is 0 Å². The van der Waals surface area contributed by atoms with E-state index in [0.29, 0.717) is 18.1 Å². The Bertz CT molecular complexity index is 570. The van der Waals surface area contributed by atoms with Crippen molar-refractivity contribution in [1.82, 2.24) is 10.2 Å². The fourth-order valence-electron chi connectivity index (χ4n) is 4.58. The predicted molar refractivity (Wildman–Crippen MR) is 92.6 cm³/mol. The smallest absolute Gasteiger partial charge is 0.319 e. The molecule has 2 aliphatic heterocycles.